The minimum absolute atomic E-state index is 0.120. The molecule has 1 aromatic carbocycles. The van der Waals surface area contributed by atoms with Crippen LogP contribution >= 0.6 is 11.6 Å². The number of nitrogens with zero attached hydrogens (tertiary/aromatic N) is 3. The van der Waals surface area contributed by atoms with E-state index < -0.39 is 0 Å². The molecule has 0 N–H and O–H groups in total. The molecule has 2 aliphatic heterocycles. The van der Waals surface area contributed by atoms with Gasteiger partial charge in [0.05, 0.1) is 0 Å². The maximum absolute atomic E-state index is 12.5. The highest BCUT2D eigenvalue weighted by Gasteiger charge is 2.40. The van der Waals surface area contributed by atoms with Crippen LogP contribution in [0.5, 0.6) is 0 Å². The maximum atomic E-state index is 12.5. The van der Waals surface area contributed by atoms with E-state index >= 15 is 0 Å². The van der Waals surface area contributed by atoms with Gasteiger partial charge in [-0.15, -0.1) is 6.58 Å². The molecule has 0 bridgehead atoms. The number of benzene rings is 1. The lowest BCUT2D eigenvalue weighted by Crippen LogP contribution is -2.44. The molecular formula is C19H24ClN3O2. The zero-order chi connectivity index (χ0) is 18.0. The van der Waals surface area contributed by atoms with Gasteiger partial charge < -0.3 is 4.90 Å². The normalized spacial score (nSPS) is 24.9. The summed E-state index contributed by atoms with van der Waals surface area (Å²) < 4.78 is 0. The molecule has 2 heterocycles. The third kappa shape index (κ3) is 3.72. The summed E-state index contributed by atoms with van der Waals surface area (Å²) in [5.74, 6) is 0.0821. The highest BCUT2D eigenvalue weighted by molar-refractivity contribution is 6.30. The zero-order valence-electron chi connectivity index (χ0n) is 14.5. The van der Waals surface area contributed by atoms with E-state index in [0.717, 1.165) is 24.9 Å². The predicted octanol–water partition coefficient (Wildman–Crippen LogP) is 3.17. The summed E-state index contributed by atoms with van der Waals surface area (Å²) in [7, 11) is 2.09. The van der Waals surface area contributed by atoms with Crippen LogP contribution in [0.15, 0.2) is 36.9 Å². The molecular weight excluding hydrogens is 338 g/mol. The Morgan fingerprint density at radius 2 is 2.16 bits per heavy atom. The number of carbonyl (C=O) groups is 2. The summed E-state index contributed by atoms with van der Waals surface area (Å²) in [5, 5.41) is 0.709. The van der Waals surface area contributed by atoms with E-state index in [1.165, 1.54) is 9.80 Å². The Hall–Kier alpha value is -1.85. The first-order valence-corrected chi connectivity index (χ1v) is 9.05. The zero-order valence-corrected chi connectivity index (χ0v) is 15.3. The van der Waals surface area contributed by atoms with Crippen molar-refractivity contribution in [1.82, 2.24) is 14.7 Å². The fourth-order valence-electron chi connectivity index (χ4n) is 3.97. The lowest BCUT2D eigenvalue weighted by Gasteiger charge is -2.40. The SMILES string of the molecule is C=CCN1CC(=O)N(C[C@H]2CCCN(C)[C@@H]2c2cccc(Cl)c2)C1=O. The number of urea groups is 1. The number of hydrogen-bond acceptors (Lipinski definition) is 3. The van der Waals surface area contributed by atoms with Gasteiger partial charge in [0.2, 0.25) is 5.91 Å². The van der Waals surface area contributed by atoms with Crippen LogP contribution in [0.4, 0.5) is 4.79 Å². The highest BCUT2D eigenvalue weighted by Crippen LogP contribution is 2.37. The molecule has 0 spiro atoms. The predicted molar refractivity (Wildman–Crippen MR) is 98.4 cm³/mol. The lowest BCUT2D eigenvalue weighted by molar-refractivity contribution is -0.126. The van der Waals surface area contributed by atoms with Gasteiger partial charge in [0.25, 0.3) is 0 Å². The second-order valence-corrected chi connectivity index (χ2v) is 7.28. The summed E-state index contributed by atoms with van der Waals surface area (Å²) in [6.07, 6.45) is 3.70. The molecule has 134 valence electrons. The second kappa shape index (κ2) is 7.58. The number of piperidine rings is 1. The molecule has 2 aliphatic rings. The van der Waals surface area contributed by atoms with Crippen molar-refractivity contribution in [2.45, 2.75) is 18.9 Å². The molecule has 1 aromatic rings. The fourth-order valence-corrected chi connectivity index (χ4v) is 4.17. The molecule has 3 rings (SSSR count). The molecule has 5 nitrogen and oxygen atoms in total. The van der Waals surface area contributed by atoms with Gasteiger partial charge in [-0.05, 0) is 50.0 Å². The minimum Gasteiger partial charge on any atom is -0.311 e. The summed E-state index contributed by atoms with van der Waals surface area (Å²) >= 11 is 6.18. The first-order chi connectivity index (χ1) is 12.0. The topological polar surface area (TPSA) is 43.9 Å². The summed E-state index contributed by atoms with van der Waals surface area (Å²) in [6, 6.07) is 7.82. The van der Waals surface area contributed by atoms with Crippen molar-refractivity contribution >= 4 is 23.5 Å². The number of likely N-dealkylation sites (tertiary alicyclic amines) is 1. The molecule has 0 aromatic heterocycles. The van der Waals surface area contributed by atoms with Crippen LogP contribution in [-0.2, 0) is 4.79 Å². The number of hydrogen-bond donors (Lipinski definition) is 0. The Morgan fingerprint density at radius 1 is 1.36 bits per heavy atom. The van der Waals surface area contributed by atoms with Crippen molar-refractivity contribution in [2.75, 3.05) is 33.2 Å². The van der Waals surface area contributed by atoms with Crippen molar-refractivity contribution in [3.63, 3.8) is 0 Å². The number of carbonyl (C=O) groups excluding carboxylic acids is 2. The van der Waals surface area contributed by atoms with Gasteiger partial charge in [-0.3, -0.25) is 14.6 Å². The van der Waals surface area contributed by atoms with Crippen LogP contribution in [0.1, 0.15) is 24.4 Å². The molecule has 0 unspecified atom stereocenters. The van der Waals surface area contributed by atoms with Gasteiger partial charge in [-0.1, -0.05) is 29.8 Å². The molecule has 2 fully saturated rings. The highest BCUT2D eigenvalue weighted by atomic mass is 35.5. The van der Waals surface area contributed by atoms with Crippen molar-refractivity contribution in [1.29, 1.82) is 0 Å². The Morgan fingerprint density at radius 3 is 2.88 bits per heavy atom. The van der Waals surface area contributed by atoms with Crippen LogP contribution in [0.2, 0.25) is 5.02 Å². The smallest absolute Gasteiger partial charge is 0.311 e. The number of amides is 3. The molecule has 0 radical (unpaired) electrons. The van der Waals surface area contributed by atoms with Gasteiger partial charge in [-0.2, -0.15) is 0 Å². The first kappa shape index (κ1) is 18.0. The molecule has 2 atom stereocenters. The van der Waals surface area contributed by atoms with Gasteiger partial charge in [0, 0.05) is 24.2 Å². The van der Waals surface area contributed by atoms with Crippen molar-refractivity contribution in [3.05, 3.63) is 47.5 Å². The maximum Gasteiger partial charge on any atom is 0.327 e. The van der Waals surface area contributed by atoms with Crippen LogP contribution in [0, 0.1) is 5.92 Å². The van der Waals surface area contributed by atoms with Crippen molar-refractivity contribution in [2.24, 2.45) is 5.92 Å². The van der Waals surface area contributed by atoms with E-state index in [9.17, 15) is 9.59 Å². The average Bonchev–Trinajstić information content (AvgIpc) is 2.83. The van der Waals surface area contributed by atoms with Crippen LogP contribution in [0.3, 0.4) is 0 Å². The van der Waals surface area contributed by atoms with E-state index in [-0.39, 0.29) is 30.4 Å². The lowest BCUT2D eigenvalue weighted by atomic mass is 9.84. The largest absolute Gasteiger partial charge is 0.327 e. The fraction of sp³-hybridized carbons (Fsp3) is 0.474. The Balaban J connectivity index is 1.80. The van der Waals surface area contributed by atoms with E-state index in [4.69, 9.17) is 11.6 Å². The third-order valence-electron chi connectivity index (χ3n) is 5.09. The molecule has 3 amide bonds. The minimum atomic E-state index is -0.206. The Labute approximate surface area is 153 Å². The van der Waals surface area contributed by atoms with Crippen LogP contribution in [-0.4, -0.2) is 59.9 Å². The number of rotatable bonds is 5. The van der Waals surface area contributed by atoms with Gasteiger partial charge >= 0.3 is 6.03 Å². The van der Waals surface area contributed by atoms with E-state index in [0.29, 0.717) is 18.1 Å². The van der Waals surface area contributed by atoms with Gasteiger partial charge in [0.1, 0.15) is 6.54 Å². The quantitative estimate of drug-likeness (QED) is 0.597. The van der Waals surface area contributed by atoms with Crippen molar-refractivity contribution in [3.8, 4) is 0 Å². The van der Waals surface area contributed by atoms with Gasteiger partial charge in [0.15, 0.2) is 0 Å². The monoisotopic (exact) mass is 361 g/mol. The Bertz CT molecular complexity index is 678. The average molecular weight is 362 g/mol. The molecule has 0 aliphatic carbocycles. The van der Waals surface area contributed by atoms with Crippen molar-refractivity contribution < 1.29 is 9.59 Å². The van der Waals surface area contributed by atoms with E-state index in [2.05, 4.69) is 24.6 Å². The summed E-state index contributed by atoms with van der Waals surface area (Å²) in [6.45, 7) is 5.65. The van der Waals surface area contributed by atoms with Crippen LogP contribution in [0.25, 0.3) is 0 Å². The van der Waals surface area contributed by atoms with Gasteiger partial charge in [-0.25, -0.2) is 4.79 Å². The molecule has 6 heteroatoms. The summed E-state index contributed by atoms with van der Waals surface area (Å²) in [5.41, 5.74) is 1.14. The number of halogens is 1. The first-order valence-electron chi connectivity index (χ1n) is 8.67. The molecule has 0 saturated carbocycles. The standard InChI is InChI=1S/C19H24ClN3O2/c1-3-9-22-13-17(24)23(19(22)25)12-15-7-5-10-21(2)18(15)14-6-4-8-16(20)11-14/h3-4,6,8,11,15,18H,1,5,7,9-10,12-13H2,2H3/t15-,18-/m1/s1. The van der Waals surface area contributed by atoms with E-state index in [1.807, 2.05) is 18.2 Å². The second-order valence-electron chi connectivity index (χ2n) is 6.84. The molecule has 2 saturated heterocycles. The van der Waals surface area contributed by atoms with Crippen LogP contribution < -0.4 is 0 Å². The third-order valence-corrected chi connectivity index (χ3v) is 5.33. The molecule has 25 heavy (non-hydrogen) atoms. The Kier molecular flexibility index (Phi) is 5.45. The number of imide groups is 1. The summed E-state index contributed by atoms with van der Waals surface area (Å²) in [4.78, 5) is 30.1. The van der Waals surface area contributed by atoms with E-state index in [1.54, 1.807) is 6.08 Å².